The predicted octanol–water partition coefficient (Wildman–Crippen LogP) is 2.12. The van der Waals surface area contributed by atoms with Gasteiger partial charge in [-0.15, -0.1) is 0 Å². The quantitative estimate of drug-likeness (QED) is 0.779. The minimum absolute atomic E-state index is 0.0406. The molecule has 5 rings (SSSR count). The first-order valence-corrected chi connectivity index (χ1v) is 8.93. The average Bonchev–Trinajstić information content (AvgIpc) is 3.37. The molecule has 26 heavy (non-hydrogen) atoms. The van der Waals surface area contributed by atoms with Crippen molar-refractivity contribution in [1.29, 1.82) is 0 Å². The number of ether oxygens (including phenoxy) is 2. The van der Waals surface area contributed by atoms with Crippen LogP contribution >= 0.6 is 0 Å². The van der Waals surface area contributed by atoms with Gasteiger partial charge in [0.15, 0.2) is 11.5 Å². The lowest BCUT2D eigenvalue weighted by atomic mass is 10.1. The molecule has 0 radical (unpaired) electrons. The number of hydrogen-bond donors (Lipinski definition) is 1. The van der Waals surface area contributed by atoms with Crippen LogP contribution < -0.4 is 15.0 Å². The van der Waals surface area contributed by atoms with Gasteiger partial charge in [-0.1, -0.05) is 0 Å². The Bertz CT molecular complexity index is 996. The van der Waals surface area contributed by atoms with Crippen molar-refractivity contribution in [2.45, 2.75) is 32.0 Å². The highest BCUT2D eigenvalue weighted by molar-refractivity contribution is 5.83. The summed E-state index contributed by atoms with van der Waals surface area (Å²) in [5.41, 5.74) is 1.52. The molecule has 2 aliphatic heterocycles. The molecule has 0 aliphatic carbocycles. The Kier molecular flexibility index (Phi) is 3.67. The lowest BCUT2D eigenvalue weighted by molar-refractivity contribution is 0.174. The number of nitrogens with zero attached hydrogens (tertiary/aromatic N) is 3. The van der Waals surface area contributed by atoms with E-state index in [0.29, 0.717) is 18.3 Å². The van der Waals surface area contributed by atoms with Crippen molar-refractivity contribution in [3.05, 3.63) is 52.6 Å². The van der Waals surface area contributed by atoms with Crippen molar-refractivity contribution >= 4 is 10.9 Å². The molecule has 1 saturated heterocycles. The standard InChI is InChI=1S/C19H20N4O3/c24-19-14(7-13-8-17-18(26-12-25-17)9-16(13)21-19)10-22-5-1-3-15(22)11-23-6-2-4-20-23/h2,4,6-9,15H,1,3,5,10-12H2,(H,21,24)/t15-/m1/s1. The van der Waals surface area contributed by atoms with Crippen LogP contribution in [0.2, 0.25) is 0 Å². The van der Waals surface area contributed by atoms with E-state index in [-0.39, 0.29) is 12.4 Å². The summed E-state index contributed by atoms with van der Waals surface area (Å²) in [5, 5.41) is 5.27. The molecular formula is C19H20N4O3. The zero-order valence-electron chi connectivity index (χ0n) is 14.4. The van der Waals surface area contributed by atoms with Crippen molar-refractivity contribution < 1.29 is 9.47 Å². The number of fused-ring (bicyclic) bond motifs is 2. The molecular weight excluding hydrogens is 332 g/mol. The van der Waals surface area contributed by atoms with Gasteiger partial charge in [0, 0.05) is 42.0 Å². The Morgan fingerprint density at radius 2 is 2.12 bits per heavy atom. The van der Waals surface area contributed by atoms with E-state index in [4.69, 9.17) is 9.47 Å². The van der Waals surface area contributed by atoms with Gasteiger partial charge in [-0.25, -0.2) is 0 Å². The zero-order chi connectivity index (χ0) is 17.5. The molecule has 0 unspecified atom stereocenters. The average molecular weight is 352 g/mol. The molecule has 1 N–H and O–H groups in total. The second kappa shape index (κ2) is 6.17. The molecule has 0 saturated carbocycles. The lowest BCUT2D eigenvalue weighted by Crippen LogP contribution is -2.34. The molecule has 2 aliphatic rings. The van der Waals surface area contributed by atoms with Crippen molar-refractivity contribution in [3.8, 4) is 11.5 Å². The maximum absolute atomic E-state index is 12.6. The normalized spacial score (nSPS) is 19.5. The van der Waals surface area contributed by atoms with Crippen LogP contribution in [0, 0.1) is 0 Å². The third kappa shape index (κ3) is 2.74. The van der Waals surface area contributed by atoms with E-state index in [9.17, 15) is 4.79 Å². The fourth-order valence-corrected chi connectivity index (χ4v) is 3.91. The molecule has 7 nitrogen and oxygen atoms in total. The predicted molar refractivity (Wildman–Crippen MR) is 96.4 cm³/mol. The first kappa shape index (κ1) is 15.5. The van der Waals surface area contributed by atoms with Crippen molar-refractivity contribution in [1.82, 2.24) is 19.7 Å². The minimum atomic E-state index is -0.0406. The number of hydrogen-bond acceptors (Lipinski definition) is 5. The molecule has 4 heterocycles. The summed E-state index contributed by atoms with van der Waals surface area (Å²) < 4.78 is 12.8. The fraction of sp³-hybridized carbons (Fsp3) is 0.368. The van der Waals surface area contributed by atoms with Crippen LogP contribution in [0.25, 0.3) is 10.9 Å². The molecule has 7 heteroatoms. The van der Waals surface area contributed by atoms with E-state index in [1.165, 1.54) is 0 Å². The highest BCUT2D eigenvalue weighted by atomic mass is 16.7. The Balaban J connectivity index is 1.42. The van der Waals surface area contributed by atoms with E-state index >= 15 is 0 Å². The second-order valence-electron chi connectivity index (χ2n) is 6.91. The van der Waals surface area contributed by atoms with E-state index in [1.54, 1.807) is 6.20 Å². The van der Waals surface area contributed by atoms with Crippen molar-refractivity contribution in [3.63, 3.8) is 0 Å². The highest BCUT2D eigenvalue weighted by Crippen LogP contribution is 2.35. The largest absolute Gasteiger partial charge is 0.454 e. The van der Waals surface area contributed by atoms with Crippen LogP contribution in [0.1, 0.15) is 18.4 Å². The summed E-state index contributed by atoms with van der Waals surface area (Å²) in [4.78, 5) is 17.9. The topological polar surface area (TPSA) is 72.4 Å². The summed E-state index contributed by atoms with van der Waals surface area (Å²) in [6.45, 7) is 2.74. The van der Waals surface area contributed by atoms with Crippen molar-refractivity contribution in [2.24, 2.45) is 0 Å². The number of likely N-dealkylation sites (tertiary alicyclic amines) is 1. The van der Waals surface area contributed by atoms with Gasteiger partial charge in [-0.2, -0.15) is 5.10 Å². The first-order chi connectivity index (χ1) is 12.8. The van der Waals surface area contributed by atoms with Crippen LogP contribution in [0.5, 0.6) is 11.5 Å². The van der Waals surface area contributed by atoms with Crippen LogP contribution in [-0.4, -0.2) is 39.0 Å². The molecule has 1 aromatic carbocycles. The summed E-state index contributed by atoms with van der Waals surface area (Å²) in [6.07, 6.45) is 6.07. The van der Waals surface area contributed by atoms with E-state index in [0.717, 1.165) is 48.1 Å². The molecule has 2 aromatic heterocycles. The van der Waals surface area contributed by atoms with Gasteiger partial charge in [-0.05, 0) is 37.6 Å². The number of H-pyrrole nitrogens is 1. The number of benzene rings is 1. The molecule has 1 fully saturated rings. The molecule has 3 aromatic rings. The second-order valence-corrected chi connectivity index (χ2v) is 6.91. The zero-order valence-corrected chi connectivity index (χ0v) is 14.4. The Hall–Kier alpha value is -2.80. The molecule has 0 amide bonds. The monoisotopic (exact) mass is 352 g/mol. The minimum Gasteiger partial charge on any atom is -0.454 e. The Morgan fingerprint density at radius 1 is 1.23 bits per heavy atom. The number of rotatable bonds is 4. The van der Waals surface area contributed by atoms with Crippen LogP contribution in [0.15, 0.2) is 41.5 Å². The van der Waals surface area contributed by atoms with Gasteiger partial charge >= 0.3 is 0 Å². The Morgan fingerprint density at radius 3 is 2.96 bits per heavy atom. The van der Waals surface area contributed by atoms with E-state index < -0.39 is 0 Å². The van der Waals surface area contributed by atoms with E-state index in [1.807, 2.05) is 35.1 Å². The van der Waals surface area contributed by atoms with Gasteiger partial charge in [-0.3, -0.25) is 14.4 Å². The van der Waals surface area contributed by atoms with Crippen LogP contribution in [0.4, 0.5) is 0 Å². The lowest BCUT2D eigenvalue weighted by Gasteiger charge is -2.24. The number of aromatic amines is 1. The maximum Gasteiger partial charge on any atom is 0.252 e. The number of pyridine rings is 1. The third-order valence-corrected chi connectivity index (χ3v) is 5.24. The van der Waals surface area contributed by atoms with Gasteiger partial charge in [0.1, 0.15) is 0 Å². The molecule has 0 bridgehead atoms. The highest BCUT2D eigenvalue weighted by Gasteiger charge is 2.26. The van der Waals surface area contributed by atoms with Crippen LogP contribution in [0.3, 0.4) is 0 Å². The Labute approximate surface area is 150 Å². The first-order valence-electron chi connectivity index (χ1n) is 8.93. The third-order valence-electron chi connectivity index (χ3n) is 5.24. The number of aromatic nitrogens is 3. The van der Waals surface area contributed by atoms with Crippen molar-refractivity contribution in [2.75, 3.05) is 13.3 Å². The molecule has 134 valence electrons. The molecule has 0 spiro atoms. The van der Waals surface area contributed by atoms with E-state index in [2.05, 4.69) is 15.0 Å². The SMILES string of the molecule is O=c1[nH]c2cc3c(cc2cc1CN1CCC[C@@H]1Cn1cccn1)OCO3. The summed E-state index contributed by atoms with van der Waals surface area (Å²) in [6, 6.07) is 8.08. The summed E-state index contributed by atoms with van der Waals surface area (Å²) in [7, 11) is 0. The van der Waals surface area contributed by atoms with Gasteiger partial charge in [0.2, 0.25) is 6.79 Å². The smallest absolute Gasteiger partial charge is 0.252 e. The van der Waals surface area contributed by atoms with Crippen LogP contribution in [-0.2, 0) is 13.1 Å². The maximum atomic E-state index is 12.6. The van der Waals surface area contributed by atoms with Gasteiger partial charge < -0.3 is 14.5 Å². The fourth-order valence-electron chi connectivity index (χ4n) is 3.91. The number of nitrogens with one attached hydrogen (secondary N) is 1. The summed E-state index contributed by atoms with van der Waals surface area (Å²) in [5.74, 6) is 1.41. The summed E-state index contributed by atoms with van der Waals surface area (Å²) >= 11 is 0. The van der Waals surface area contributed by atoms with Gasteiger partial charge in [0.05, 0.1) is 12.1 Å². The molecule has 1 atom stereocenters. The van der Waals surface area contributed by atoms with Gasteiger partial charge in [0.25, 0.3) is 5.56 Å².